The highest BCUT2D eigenvalue weighted by atomic mass is 35.5. The predicted octanol–water partition coefficient (Wildman–Crippen LogP) is -0.330. The molecule has 2 aliphatic rings. The number of hydrogen-bond acceptors (Lipinski definition) is 3. The quantitative estimate of drug-likeness (QED) is 0.637. The summed E-state index contributed by atoms with van der Waals surface area (Å²) in [6.45, 7) is 0. The SMILES string of the molecule is Cl.NC(=O)[C@@H](N)CC1CC2(CCC2)NC1=O. The normalized spacial score (nSPS) is 27.8. The van der Waals surface area contributed by atoms with Crippen molar-refractivity contribution in [3.05, 3.63) is 0 Å². The first-order valence-electron chi connectivity index (χ1n) is 5.39. The molecule has 0 aromatic heterocycles. The molecular formula is C10H18ClN3O2. The molecule has 2 fully saturated rings. The molecule has 1 unspecified atom stereocenters. The minimum atomic E-state index is -0.698. The number of halogens is 1. The Bertz CT molecular complexity index is 304. The highest BCUT2D eigenvalue weighted by Gasteiger charge is 2.48. The van der Waals surface area contributed by atoms with Gasteiger partial charge in [-0.2, -0.15) is 0 Å². The first-order valence-corrected chi connectivity index (χ1v) is 5.39. The van der Waals surface area contributed by atoms with Crippen molar-refractivity contribution in [3.8, 4) is 0 Å². The summed E-state index contributed by atoms with van der Waals surface area (Å²) in [7, 11) is 0. The molecule has 0 aromatic rings. The summed E-state index contributed by atoms with van der Waals surface area (Å²) in [6, 6.07) is -0.698. The van der Waals surface area contributed by atoms with Crippen LogP contribution in [0.4, 0.5) is 0 Å². The monoisotopic (exact) mass is 247 g/mol. The number of nitrogens with one attached hydrogen (secondary N) is 1. The lowest BCUT2D eigenvalue weighted by Gasteiger charge is -2.38. The van der Waals surface area contributed by atoms with Gasteiger partial charge in [-0.15, -0.1) is 12.4 Å². The third-order valence-electron chi connectivity index (χ3n) is 3.61. The van der Waals surface area contributed by atoms with E-state index >= 15 is 0 Å². The van der Waals surface area contributed by atoms with Crippen molar-refractivity contribution in [2.75, 3.05) is 0 Å². The van der Waals surface area contributed by atoms with Crippen molar-refractivity contribution in [3.63, 3.8) is 0 Å². The average molecular weight is 248 g/mol. The number of amides is 2. The Labute approximate surface area is 101 Å². The standard InChI is InChI=1S/C10H17N3O2.ClH/c11-7(8(12)14)4-6-5-10(2-1-3-10)13-9(6)15;/h6-7H,1-5,11H2,(H2,12,14)(H,13,15);1H/t6?,7-;/m0./s1. The van der Waals surface area contributed by atoms with E-state index in [9.17, 15) is 9.59 Å². The fourth-order valence-electron chi connectivity index (χ4n) is 2.52. The maximum Gasteiger partial charge on any atom is 0.234 e. The summed E-state index contributed by atoms with van der Waals surface area (Å²) in [4.78, 5) is 22.4. The molecule has 1 saturated heterocycles. The molecule has 1 aliphatic carbocycles. The van der Waals surface area contributed by atoms with Gasteiger partial charge in [0.1, 0.15) is 0 Å². The minimum absolute atomic E-state index is 0. The zero-order valence-electron chi connectivity index (χ0n) is 9.07. The number of carbonyl (C=O) groups is 2. The highest BCUT2D eigenvalue weighted by molar-refractivity contribution is 5.85. The lowest BCUT2D eigenvalue weighted by molar-refractivity contribution is -0.124. The first-order chi connectivity index (χ1) is 7.02. The Kier molecular flexibility index (Phi) is 3.80. The van der Waals surface area contributed by atoms with Gasteiger partial charge in [-0.05, 0) is 32.1 Å². The minimum Gasteiger partial charge on any atom is -0.368 e. The van der Waals surface area contributed by atoms with E-state index in [1.165, 1.54) is 6.42 Å². The van der Waals surface area contributed by atoms with Gasteiger partial charge in [-0.3, -0.25) is 9.59 Å². The van der Waals surface area contributed by atoms with E-state index in [1.54, 1.807) is 0 Å². The zero-order valence-corrected chi connectivity index (χ0v) is 9.89. The fourth-order valence-corrected chi connectivity index (χ4v) is 2.52. The van der Waals surface area contributed by atoms with E-state index in [0.29, 0.717) is 6.42 Å². The van der Waals surface area contributed by atoms with Gasteiger partial charge in [-0.25, -0.2) is 0 Å². The molecule has 2 atom stereocenters. The Balaban J connectivity index is 0.00000128. The lowest BCUT2D eigenvalue weighted by Crippen LogP contribution is -2.47. The predicted molar refractivity (Wildman–Crippen MR) is 61.9 cm³/mol. The molecule has 0 aromatic carbocycles. The smallest absolute Gasteiger partial charge is 0.234 e. The highest BCUT2D eigenvalue weighted by Crippen LogP contribution is 2.42. The van der Waals surface area contributed by atoms with Crippen LogP contribution in [0.3, 0.4) is 0 Å². The van der Waals surface area contributed by atoms with Gasteiger partial charge in [0.25, 0.3) is 0 Å². The maximum atomic E-state index is 11.6. The van der Waals surface area contributed by atoms with Crippen molar-refractivity contribution in [1.29, 1.82) is 0 Å². The zero-order chi connectivity index (χ0) is 11.1. The second kappa shape index (κ2) is 4.59. The van der Waals surface area contributed by atoms with E-state index < -0.39 is 11.9 Å². The molecule has 6 heteroatoms. The van der Waals surface area contributed by atoms with Crippen molar-refractivity contribution < 1.29 is 9.59 Å². The number of nitrogens with two attached hydrogens (primary N) is 2. The molecule has 0 radical (unpaired) electrons. The van der Waals surface area contributed by atoms with Crippen LogP contribution >= 0.6 is 12.4 Å². The largest absolute Gasteiger partial charge is 0.368 e. The Morgan fingerprint density at radius 2 is 2.19 bits per heavy atom. The van der Waals surface area contributed by atoms with Crippen LogP contribution in [0.2, 0.25) is 0 Å². The van der Waals surface area contributed by atoms with Crippen LogP contribution in [-0.2, 0) is 9.59 Å². The molecule has 1 saturated carbocycles. The van der Waals surface area contributed by atoms with Crippen LogP contribution in [0.5, 0.6) is 0 Å². The van der Waals surface area contributed by atoms with E-state index in [4.69, 9.17) is 11.5 Å². The number of rotatable bonds is 3. The second-order valence-electron chi connectivity index (χ2n) is 4.77. The van der Waals surface area contributed by atoms with E-state index in [0.717, 1.165) is 19.3 Å². The van der Waals surface area contributed by atoms with Gasteiger partial charge in [0.15, 0.2) is 0 Å². The Morgan fingerprint density at radius 1 is 1.56 bits per heavy atom. The molecule has 16 heavy (non-hydrogen) atoms. The number of carbonyl (C=O) groups excluding carboxylic acids is 2. The summed E-state index contributed by atoms with van der Waals surface area (Å²) in [5, 5.41) is 3.01. The molecule has 5 N–H and O–H groups in total. The van der Waals surface area contributed by atoms with Gasteiger partial charge in [0.05, 0.1) is 6.04 Å². The van der Waals surface area contributed by atoms with E-state index in [1.807, 2.05) is 0 Å². The van der Waals surface area contributed by atoms with Crippen LogP contribution in [-0.4, -0.2) is 23.4 Å². The molecule has 1 aliphatic heterocycles. The van der Waals surface area contributed by atoms with Crippen LogP contribution in [0.1, 0.15) is 32.1 Å². The molecule has 1 heterocycles. The summed E-state index contributed by atoms with van der Waals surface area (Å²) in [5.41, 5.74) is 10.7. The van der Waals surface area contributed by atoms with Crippen molar-refractivity contribution in [2.45, 2.75) is 43.7 Å². The Hall–Kier alpha value is -0.810. The van der Waals surface area contributed by atoms with E-state index in [-0.39, 0.29) is 29.8 Å². The van der Waals surface area contributed by atoms with Gasteiger partial charge in [0.2, 0.25) is 11.8 Å². The molecular weight excluding hydrogens is 230 g/mol. The van der Waals surface area contributed by atoms with E-state index in [2.05, 4.69) is 5.32 Å². The molecule has 0 bridgehead atoms. The first kappa shape index (κ1) is 13.3. The molecule has 2 rings (SSSR count). The van der Waals surface area contributed by atoms with Crippen molar-refractivity contribution >= 4 is 24.2 Å². The average Bonchev–Trinajstić information content (AvgIpc) is 2.43. The summed E-state index contributed by atoms with van der Waals surface area (Å²) < 4.78 is 0. The third-order valence-corrected chi connectivity index (χ3v) is 3.61. The van der Waals surface area contributed by atoms with Crippen LogP contribution in [0.15, 0.2) is 0 Å². The van der Waals surface area contributed by atoms with Gasteiger partial charge in [-0.1, -0.05) is 0 Å². The molecule has 92 valence electrons. The van der Waals surface area contributed by atoms with Crippen molar-refractivity contribution in [2.24, 2.45) is 17.4 Å². The summed E-state index contributed by atoms with van der Waals surface area (Å²) in [6.07, 6.45) is 4.48. The fraction of sp³-hybridized carbons (Fsp3) is 0.800. The number of primary amides is 1. The Morgan fingerprint density at radius 3 is 2.56 bits per heavy atom. The van der Waals surface area contributed by atoms with Crippen LogP contribution in [0, 0.1) is 5.92 Å². The third kappa shape index (κ3) is 2.30. The lowest BCUT2D eigenvalue weighted by atomic mass is 9.74. The molecule has 2 amide bonds. The topological polar surface area (TPSA) is 98.2 Å². The van der Waals surface area contributed by atoms with Gasteiger partial charge < -0.3 is 16.8 Å². The summed E-state index contributed by atoms with van der Waals surface area (Å²) >= 11 is 0. The van der Waals surface area contributed by atoms with Crippen LogP contribution < -0.4 is 16.8 Å². The maximum absolute atomic E-state index is 11.6. The molecule has 1 spiro atoms. The van der Waals surface area contributed by atoms with Crippen LogP contribution in [0.25, 0.3) is 0 Å². The second-order valence-corrected chi connectivity index (χ2v) is 4.77. The van der Waals surface area contributed by atoms with Gasteiger partial charge in [0, 0.05) is 11.5 Å². The van der Waals surface area contributed by atoms with Crippen molar-refractivity contribution in [1.82, 2.24) is 5.32 Å². The van der Waals surface area contributed by atoms with Gasteiger partial charge >= 0.3 is 0 Å². The molecule has 5 nitrogen and oxygen atoms in total. The number of hydrogen-bond donors (Lipinski definition) is 3. The summed E-state index contributed by atoms with van der Waals surface area (Å²) in [5.74, 6) is -0.628.